The number of nitrogens with two attached hydrogens (primary N) is 1. The van der Waals surface area contributed by atoms with E-state index in [4.69, 9.17) is 5.73 Å². The van der Waals surface area contributed by atoms with Gasteiger partial charge in [-0.2, -0.15) is 4.39 Å². The van der Waals surface area contributed by atoms with Gasteiger partial charge in [0.1, 0.15) is 11.5 Å². The van der Waals surface area contributed by atoms with Crippen molar-refractivity contribution in [3.05, 3.63) is 28.2 Å². The maximum Gasteiger partial charge on any atom is 0.215 e. The first-order valence-corrected chi connectivity index (χ1v) is 4.49. The van der Waals surface area contributed by atoms with Gasteiger partial charge in [-0.3, -0.25) is 4.40 Å². The number of hydrogen-bond donors (Lipinski definition) is 1. The molecule has 13 heavy (non-hydrogen) atoms. The Labute approximate surface area is 82.5 Å². The summed E-state index contributed by atoms with van der Waals surface area (Å²) < 4.78 is 15.1. The second kappa shape index (κ2) is 2.70. The summed E-state index contributed by atoms with van der Waals surface area (Å²) >= 11 is 3.08. The first-order chi connectivity index (χ1) is 6.11. The summed E-state index contributed by atoms with van der Waals surface area (Å²) in [6.45, 7) is 1.75. The zero-order chi connectivity index (χ0) is 9.59. The highest BCUT2D eigenvalue weighted by Crippen LogP contribution is 2.21. The van der Waals surface area contributed by atoms with Crippen molar-refractivity contribution < 1.29 is 4.39 Å². The number of aromatic nitrogens is 2. The molecule has 2 N–H and O–H groups in total. The molecule has 0 spiro atoms. The maximum absolute atomic E-state index is 13.5. The molecule has 0 unspecified atom stereocenters. The van der Waals surface area contributed by atoms with E-state index < -0.39 is 5.95 Å². The average Bonchev–Trinajstić information content (AvgIpc) is 2.37. The van der Waals surface area contributed by atoms with E-state index >= 15 is 0 Å². The average molecular weight is 244 g/mol. The fraction of sp³-hybridized carbons (Fsp3) is 0.125. The molecular weight excluding hydrogens is 237 g/mol. The Kier molecular flexibility index (Phi) is 1.76. The minimum Gasteiger partial charge on any atom is -0.383 e. The van der Waals surface area contributed by atoms with Gasteiger partial charge in [0.25, 0.3) is 0 Å². The number of nitrogen functional groups attached to an aromatic ring is 1. The van der Waals surface area contributed by atoms with E-state index in [2.05, 4.69) is 20.9 Å². The number of pyridine rings is 1. The number of nitrogens with zero attached hydrogens (tertiary/aromatic N) is 2. The Morgan fingerprint density at radius 1 is 1.54 bits per heavy atom. The van der Waals surface area contributed by atoms with Crippen molar-refractivity contribution in [1.29, 1.82) is 0 Å². The molecule has 5 heteroatoms. The Morgan fingerprint density at radius 2 is 2.23 bits per heavy atom. The van der Waals surface area contributed by atoms with Crippen molar-refractivity contribution in [3.8, 4) is 0 Å². The molecule has 0 fully saturated rings. The molecule has 3 nitrogen and oxygen atoms in total. The number of rotatable bonds is 0. The van der Waals surface area contributed by atoms with Crippen LogP contribution in [0.15, 0.2) is 16.6 Å². The van der Waals surface area contributed by atoms with Crippen LogP contribution >= 0.6 is 15.9 Å². The van der Waals surface area contributed by atoms with Gasteiger partial charge in [0.15, 0.2) is 0 Å². The number of anilines is 1. The third kappa shape index (κ3) is 1.11. The number of hydrogen-bond acceptors (Lipinski definition) is 2. The lowest BCUT2D eigenvalue weighted by molar-refractivity contribution is 0.563. The number of imidazole rings is 1. The van der Waals surface area contributed by atoms with Crippen molar-refractivity contribution in [1.82, 2.24) is 9.38 Å². The lowest BCUT2D eigenvalue weighted by Gasteiger charge is -1.99. The van der Waals surface area contributed by atoms with Crippen LogP contribution in [-0.2, 0) is 0 Å². The predicted octanol–water partition coefficient (Wildman–Crippen LogP) is 2.13. The number of aryl methyl sites for hydroxylation is 1. The van der Waals surface area contributed by atoms with E-state index in [9.17, 15) is 4.39 Å². The molecule has 0 aliphatic rings. The van der Waals surface area contributed by atoms with Gasteiger partial charge in [0, 0.05) is 0 Å². The van der Waals surface area contributed by atoms with E-state index in [0.29, 0.717) is 21.6 Å². The maximum atomic E-state index is 13.5. The lowest BCUT2D eigenvalue weighted by Crippen LogP contribution is -1.99. The number of fused-ring (bicyclic) bond motifs is 1. The van der Waals surface area contributed by atoms with Gasteiger partial charge < -0.3 is 5.73 Å². The van der Waals surface area contributed by atoms with Gasteiger partial charge in [-0.05, 0) is 35.0 Å². The van der Waals surface area contributed by atoms with Gasteiger partial charge in [0.05, 0.1) is 10.2 Å². The third-order valence-electron chi connectivity index (χ3n) is 1.90. The van der Waals surface area contributed by atoms with Crippen LogP contribution in [-0.4, -0.2) is 9.38 Å². The van der Waals surface area contributed by atoms with Crippen LogP contribution in [0.1, 0.15) is 5.69 Å². The normalized spacial score (nSPS) is 11.0. The number of halogens is 2. The molecule has 2 rings (SSSR count). The standard InChI is InChI=1S/C8H7BrFN3/c1-4-8(11)13-6(12-4)3-2-5(9)7(13)10/h2-3H,11H2,1H3. The molecule has 2 aromatic heterocycles. The minimum atomic E-state index is -0.421. The highest BCUT2D eigenvalue weighted by atomic mass is 79.9. The zero-order valence-electron chi connectivity index (χ0n) is 6.88. The van der Waals surface area contributed by atoms with Crippen LogP contribution in [0.25, 0.3) is 5.65 Å². The molecule has 0 atom stereocenters. The molecule has 2 heterocycles. The van der Waals surface area contributed by atoms with Crippen molar-refractivity contribution in [2.24, 2.45) is 0 Å². The van der Waals surface area contributed by atoms with Crippen LogP contribution in [0.3, 0.4) is 0 Å². The Hall–Kier alpha value is -1.10. The summed E-state index contributed by atoms with van der Waals surface area (Å²) in [4.78, 5) is 4.09. The van der Waals surface area contributed by atoms with Gasteiger partial charge in [-0.15, -0.1) is 0 Å². The summed E-state index contributed by atoms with van der Waals surface area (Å²) in [5.41, 5.74) is 6.81. The monoisotopic (exact) mass is 243 g/mol. The zero-order valence-corrected chi connectivity index (χ0v) is 8.47. The van der Waals surface area contributed by atoms with Crippen LogP contribution in [0.4, 0.5) is 10.2 Å². The quantitative estimate of drug-likeness (QED) is 0.721. The predicted molar refractivity (Wildman–Crippen MR) is 52.0 cm³/mol. The van der Waals surface area contributed by atoms with Crippen molar-refractivity contribution in [2.45, 2.75) is 6.92 Å². The first kappa shape index (κ1) is 8.50. The summed E-state index contributed by atoms with van der Waals surface area (Å²) in [5, 5.41) is 0. The van der Waals surface area contributed by atoms with Gasteiger partial charge in [0.2, 0.25) is 5.95 Å². The fourth-order valence-corrected chi connectivity index (χ4v) is 1.52. The van der Waals surface area contributed by atoms with Gasteiger partial charge in [-0.25, -0.2) is 4.98 Å². The molecule has 2 aromatic rings. The lowest BCUT2D eigenvalue weighted by atomic mass is 10.4. The fourth-order valence-electron chi connectivity index (χ4n) is 1.21. The molecule has 0 saturated heterocycles. The Bertz CT molecular complexity index is 478. The Morgan fingerprint density at radius 3 is 2.92 bits per heavy atom. The topological polar surface area (TPSA) is 43.3 Å². The van der Waals surface area contributed by atoms with Gasteiger partial charge >= 0.3 is 0 Å². The first-order valence-electron chi connectivity index (χ1n) is 3.70. The molecule has 0 aliphatic heterocycles. The second-order valence-corrected chi connectivity index (χ2v) is 3.60. The third-order valence-corrected chi connectivity index (χ3v) is 2.49. The van der Waals surface area contributed by atoms with Crippen molar-refractivity contribution in [3.63, 3.8) is 0 Å². The van der Waals surface area contributed by atoms with Gasteiger partial charge in [-0.1, -0.05) is 0 Å². The van der Waals surface area contributed by atoms with Crippen LogP contribution < -0.4 is 5.73 Å². The van der Waals surface area contributed by atoms with E-state index in [1.165, 1.54) is 4.40 Å². The molecule has 0 radical (unpaired) electrons. The molecule has 0 aliphatic carbocycles. The molecule has 68 valence electrons. The van der Waals surface area contributed by atoms with E-state index in [1.807, 2.05) is 0 Å². The van der Waals surface area contributed by atoms with Crippen LogP contribution in [0.2, 0.25) is 0 Å². The summed E-state index contributed by atoms with van der Waals surface area (Å²) in [6, 6.07) is 3.31. The summed E-state index contributed by atoms with van der Waals surface area (Å²) in [7, 11) is 0. The van der Waals surface area contributed by atoms with E-state index in [-0.39, 0.29) is 0 Å². The molecule has 0 bridgehead atoms. The van der Waals surface area contributed by atoms with Crippen LogP contribution in [0.5, 0.6) is 0 Å². The SMILES string of the molecule is Cc1nc2ccc(Br)c(F)n2c1N. The largest absolute Gasteiger partial charge is 0.383 e. The highest BCUT2D eigenvalue weighted by molar-refractivity contribution is 9.10. The molecule has 0 amide bonds. The van der Waals surface area contributed by atoms with E-state index in [1.54, 1.807) is 19.1 Å². The van der Waals surface area contributed by atoms with Crippen LogP contribution in [0, 0.1) is 12.9 Å². The smallest absolute Gasteiger partial charge is 0.215 e. The molecule has 0 aromatic carbocycles. The minimum absolute atomic E-state index is 0.341. The van der Waals surface area contributed by atoms with Crippen molar-refractivity contribution >= 4 is 27.4 Å². The summed E-state index contributed by atoms with van der Waals surface area (Å²) in [5.74, 6) is -0.0793. The molecular formula is C8H7BrFN3. The summed E-state index contributed by atoms with van der Waals surface area (Å²) in [6.07, 6.45) is 0. The van der Waals surface area contributed by atoms with E-state index in [0.717, 1.165) is 0 Å². The second-order valence-electron chi connectivity index (χ2n) is 2.75. The highest BCUT2D eigenvalue weighted by Gasteiger charge is 2.10. The molecule has 0 saturated carbocycles. The van der Waals surface area contributed by atoms with Crippen molar-refractivity contribution in [2.75, 3.05) is 5.73 Å². The Balaban J connectivity index is 2.97.